The second-order valence-corrected chi connectivity index (χ2v) is 3.62. The lowest BCUT2D eigenvalue weighted by Gasteiger charge is -2.30. The number of hydrogen-bond acceptors (Lipinski definition) is 4. The Hall–Kier alpha value is -0.940. The zero-order chi connectivity index (χ0) is 9.75. The third-order valence-electron chi connectivity index (χ3n) is 2.88. The highest BCUT2D eigenvalue weighted by atomic mass is 16.3. The normalized spacial score (nSPS) is 43.0. The van der Waals surface area contributed by atoms with Crippen LogP contribution in [-0.2, 0) is 9.59 Å². The van der Waals surface area contributed by atoms with Crippen molar-refractivity contribution in [3.05, 3.63) is 0 Å². The number of nitrogens with zero attached hydrogens (tertiary/aromatic N) is 1. The molecule has 0 aromatic carbocycles. The van der Waals surface area contributed by atoms with Crippen LogP contribution in [0.25, 0.3) is 0 Å². The molecule has 1 aliphatic heterocycles. The molecule has 2 aliphatic rings. The van der Waals surface area contributed by atoms with Crippen molar-refractivity contribution in [3.8, 4) is 0 Å². The molecule has 4 atom stereocenters. The van der Waals surface area contributed by atoms with Crippen LogP contribution >= 0.6 is 0 Å². The molecule has 1 saturated heterocycles. The van der Waals surface area contributed by atoms with E-state index in [4.69, 9.17) is 0 Å². The molecule has 4 unspecified atom stereocenters. The Balaban J connectivity index is 2.29. The lowest BCUT2D eigenvalue weighted by Crippen LogP contribution is -2.53. The van der Waals surface area contributed by atoms with Gasteiger partial charge in [-0.2, -0.15) is 0 Å². The SMILES string of the molecule is CC(=O)N1C(=O)C2CC1C(O)C2O. The minimum absolute atomic E-state index is 0.352. The lowest BCUT2D eigenvalue weighted by atomic mass is 10.0. The summed E-state index contributed by atoms with van der Waals surface area (Å²) in [6.07, 6.45) is -1.57. The van der Waals surface area contributed by atoms with Crippen LogP contribution in [0.3, 0.4) is 0 Å². The van der Waals surface area contributed by atoms with Crippen molar-refractivity contribution in [2.24, 2.45) is 5.92 Å². The molecule has 2 rings (SSSR count). The molecule has 2 fully saturated rings. The van der Waals surface area contributed by atoms with E-state index in [-0.39, 0.29) is 11.8 Å². The van der Waals surface area contributed by atoms with E-state index in [0.717, 1.165) is 4.90 Å². The van der Waals surface area contributed by atoms with Gasteiger partial charge < -0.3 is 10.2 Å². The minimum Gasteiger partial charge on any atom is -0.390 e. The van der Waals surface area contributed by atoms with E-state index in [9.17, 15) is 19.8 Å². The summed E-state index contributed by atoms with van der Waals surface area (Å²) < 4.78 is 0. The number of fused-ring (bicyclic) bond motifs is 2. The van der Waals surface area contributed by atoms with Gasteiger partial charge in [-0.1, -0.05) is 0 Å². The summed E-state index contributed by atoms with van der Waals surface area (Å²) in [6.45, 7) is 1.29. The van der Waals surface area contributed by atoms with Crippen LogP contribution in [0, 0.1) is 5.92 Å². The summed E-state index contributed by atoms with van der Waals surface area (Å²) >= 11 is 0. The van der Waals surface area contributed by atoms with Crippen LogP contribution in [0.2, 0.25) is 0 Å². The summed E-state index contributed by atoms with van der Waals surface area (Å²) in [6, 6.07) is -0.509. The first-order chi connectivity index (χ1) is 6.04. The number of carbonyl (C=O) groups excluding carboxylic acids is 2. The smallest absolute Gasteiger partial charge is 0.235 e. The first-order valence-corrected chi connectivity index (χ1v) is 4.24. The molecule has 1 saturated carbocycles. The highest BCUT2D eigenvalue weighted by Gasteiger charge is 2.57. The van der Waals surface area contributed by atoms with Crippen molar-refractivity contribution in [2.45, 2.75) is 31.6 Å². The maximum absolute atomic E-state index is 11.4. The molecule has 1 aliphatic carbocycles. The quantitative estimate of drug-likeness (QED) is 0.480. The number of piperidine rings is 1. The van der Waals surface area contributed by atoms with Gasteiger partial charge in [-0.05, 0) is 6.42 Å². The van der Waals surface area contributed by atoms with E-state index in [0.29, 0.717) is 6.42 Å². The molecule has 2 bridgehead atoms. The zero-order valence-electron chi connectivity index (χ0n) is 7.17. The van der Waals surface area contributed by atoms with E-state index in [1.54, 1.807) is 0 Å². The Morgan fingerprint density at radius 3 is 2.54 bits per heavy atom. The summed E-state index contributed by atoms with van der Waals surface area (Å²) in [5.74, 6) is -1.29. The van der Waals surface area contributed by atoms with Gasteiger partial charge in [-0.3, -0.25) is 14.5 Å². The Kier molecular flexibility index (Phi) is 1.68. The highest BCUT2D eigenvalue weighted by Crippen LogP contribution is 2.38. The largest absolute Gasteiger partial charge is 0.390 e. The molecule has 0 radical (unpaired) electrons. The first kappa shape index (κ1) is 8.65. The topological polar surface area (TPSA) is 77.8 Å². The van der Waals surface area contributed by atoms with Crippen LogP contribution in [0.15, 0.2) is 0 Å². The van der Waals surface area contributed by atoms with Crippen LogP contribution in [0.1, 0.15) is 13.3 Å². The second-order valence-electron chi connectivity index (χ2n) is 3.62. The molecule has 2 amide bonds. The van der Waals surface area contributed by atoms with Gasteiger partial charge in [-0.15, -0.1) is 0 Å². The maximum Gasteiger partial charge on any atom is 0.235 e. The van der Waals surface area contributed by atoms with Gasteiger partial charge >= 0.3 is 0 Å². The van der Waals surface area contributed by atoms with Crippen molar-refractivity contribution in [1.82, 2.24) is 4.90 Å². The van der Waals surface area contributed by atoms with Crippen molar-refractivity contribution in [2.75, 3.05) is 0 Å². The van der Waals surface area contributed by atoms with Gasteiger partial charge in [0.15, 0.2) is 0 Å². The van der Waals surface area contributed by atoms with Crippen molar-refractivity contribution < 1.29 is 19.8 Å². The van der Waals surface area contributed by atoms with Crippen LogP contribution in [-0.4, -0.2) is 45.2 Å². The fourth-order valence-electron chi connectivity index (χ4n) is 2.24. The second kappa shape index (κ2) is 2.52. The molecular formula is C8H11NO4. The van der Waals surface area contributed by atoms with Crippen molar-refractivity contribution in [3.63, 3.8) is 0 Å². The number of aliphatic hydroxyl groups excluding tert-OH is 2. The van der Waals surface area contributed by atoms with Gasteiger partial charge in [-0.25, -0.2) is 0 Å². The minimum atomic E-state index is -0.993. The number of amides is 2. The molecule has 72 valence electrons. The van der Waals surface area contributed by atoms with Gasteiger partial charge in [0.1, 0.15) is 6.10 Å². The molecule has 13 heavy (non-hydrogen) atoms. The van der Waals surface area contributed by atoms with Crippen LogP contribution < -0.4 is 0 Å². The van der Waals surface area contributed by atoms with Gasteiger partial charge in [0.2, 0.25) is 11.8 Å². The molecule has 5 heteroatoms. The average molecular weight is 185 g/mol. The van der Waals surface area contributed by atoms with E-state index in [2.05, 4.69) is 0 Å². The van der Waals surface area contributed by atoms with Gasteiger partial charge in [0.25, 0.3) is 0 Å². The number of imide groups is 1. The maximum atomic E-state index is 11.4. The number of rotatable bonds is 0. The number of carbonyl (C=O) groups is 2. The Bertz CT molecular complexity index is 277. The summed E-state index contributed by atoms with van der Waals surface area (Å²) in [4.78, 5) is 23.5. The summed E-state index contributed by atoms with van der Waals surface area (Å²) in [5, 5.41) is 18.8. The van der Waals surface area contributed by atoms with Gasteiger partial charge in [0.05, 0.1) is 18.1 Å². The average Bonchev–Trinajstić information content (AvgIpc) is 2.50. The van der Waals surface area contributed by atoms with Crippen LogP contribution in [0.4, 0.5) is 0 Å². The van der Waals surface area contributed by atoms with Crippen molar-refractivity contribution >= 4 is 11.8 Å². The first-order valence-electron chi connectivity index (χ1n) is 4.24. The Labute approximate surface area is 75.0 Å². The van der Waals surface area contributed by atoms with Gasteiger partial charge in [0, 0.05) is 6.92 Å². The molecule has 5 nitrogen and oxygen atoms in total. The molecule has 0 spiro atoms. The summed E-state index contributed by atoms with van der Waals surface area (Å²) in [7, 11) is 0. The van der Waals surface area contributed by atoms with E-state index in [1.165, 1.54) is 6.92 Å². The van der Waals surface area contributed by atoms with E-state index < -0.39 is 24.2 Å². The summed E-state index contributed by atoms with van der Waals surface area (Å²) in [5.41, 5.74) is 0. The number of hydrogen-bond donors (Lipinski definition) is 2. The number of aliphatic hydroxyl groups is 2. The predicted molar refractivity (Wildman–Crippen MR) is 41.4 cm³/mol. The Morgan fingerprint density at radius 1 is 1.46 bits per heavy atom. The third-order valence-corrected chi connectivity index (χ3v) is 2.88. The molecule has 2 N–H and O–H groups in total. The fraction of sp³-hybridized carbons (Fsp3) is 0.750. The van der Waals surface area contributed by atoms with Crippen LogP contribution in [0.5, 0.6) is 0 Å². The number of likely N-dealkylation sites (tertiary alicyclic amines) is 1. The fourth-order valence-corrected chi connectivity index (χ4v) is 2.24. The molecule has 0 aromatic rings. The molecule has 0 aromatic heterocycles. The Morgan fingerprint density at radius 2 is 2.08 bits per heavy atom. The van der Waals surface area contributed by atoms with Crippen molar-refractivity contribution in [1.29, 1.82) is 0 Å². The third kappa shape index (κ3) is 0.941. The predicted octanol–water partition coefficient (Wildman–Crippen LogP) is -1.51. The zero-order valence-corrected chi connectivity index (χ0v) is 7.17. The highest BCUT2D eigenvalue weighted by molar-refractivity contribution is 5.98. The van der Waals surface area contributed by atoms with E-state index >= 15 is 0 Å². The monoisotopic (exact) mass is 185 g/mol. The standard InChI is InChI=1S/C8H11NO4/c1-3(10)9-5-2-4(8(9)13)6(11)7(5)12/h4-7,11-12H,2H2,1H3. The molecule has 1 heterocycles. The van der Waals surface area contributed by atoms with E-state index in [1.807, 2.05) is 0 Å². The lowest BCUT2D eigenvalue weighted by molar-refractivity contribution is -0.155. The molecular weight excluding hydrogens is 174 g/mol.